The van der Waals surface area contributed by atoms with Gasteiger partial charge in [0.15, 0.2) is 0 Å². The molecule has 77 valence electrons. The predicted octanol–water partition coefficient (Wildman–Crippen LogP) is 4.11. The van der Waals surface area contributed by atoms with Crippen LogP contribution in [0.3, 0.4) is 0 Å². The number of rotatable bonds is 5. The van der Waals surface area contributed by atoms with Gasteiger partial charge in [-0.25, -0.2) is 0 Å². The maximum Gasteiger partial charge on any atom is 0.119 e. The fraction of sp³-hybridized carbons (Fsp3) is 0.417. The van der Waals surface area contributed by atoms with Crippen molar-refractivity contribution >= 4 is 11.6 Å². The molecule has 0 N–H and O–H groups in total. The number of halogens is 1. The molecule has 1 nitrogen and oxygen atoms in total. The number of hydrogen-bond acceptors (Lipinski definition) is 1. The van der Waals surface area contributed by atoms with Crippen molar-refractivity contribution in [3.63, 3.8) is 0 Å². The summed E-state index contributed by atoms with van der Waals surface area (Å²) in [5.41, 5.74) is 0. The fourth-order valence-electron chi connectivity index (χ4n) is 1.29. The first-order valence-corrected chi connectivity index (χ1v) is 5.35. The third kappa shape index (κ3) is 3.59. The van der Waals surface area contributed by atoms with Gasteiger partial charge in [0, 0.05) is 5.02 Å². The highest BCUT2D eigenvalue weighted by atomic mass is 35.5. The molecular weight excluding hydrogens is 196 g/mol. The summed E-state index contributed by atoms with van der Waals surface area (Å²) >= 11 is 5.78. The van der Waals surface area contributed by atoms with Gasteiger partial charge >= 0.3 is 0 Å². The topological polar surface area (TPSA) is 9.23 Å². The van der Waals surface area contributed by atoms with Gasteiger partial charge in [0.1, 0.15) is 5.75 Å². The largest absolute Gasteiger partial charge is 0.490 e. The third-order valence-electron chi connectivity index (χ3n) is 2.05. The maximum atomic E-state index is 5.78. The van der Waals surface area contributed by atoms with E-state index in [9.17, 15) is 0 Å². The molecule has 0 amide bonds. The second kappa shape index (κ2) is 5.92. The van der Waals surface area contributed by atoms with Crippen LogP contribution in [0.15, 0.2) is 24.3 Å². The Morgan fingerprint density at radius 1 is 1.36 bits per heavy atom. The lowest BCUT2D eigenvalue weighted by molar-refractivity contribution is 0.192. The van der Waals surface area contributed by atoms with Gasteiger partial charge in [0.25, 0.3) is 0 Å². The van der Waals surface area contributed by atoms with E-state index in [2.05, 4.69) is 13.8 Å². The monoisotopic (exact) mass is 211 g/mol. The zero-order valence-electron chi connectivity index (χ0n) is 8.50. The van der Waals surface area contributed by atoms with E-state index in [1.165, 1.54) is 0 Å². The molecule has 0 saturated heterocycles. The average molecular weight is 212 g/mol. The van der Waals surface area contributed by atoms with E-state index < -0.39 is 0 Å². The molecule has 0 spiro atoms. The van der Waals surface area contributed by atoms with Crippen LogP contribution < -0.4 is 4.74 Å². The van der Waals surface area contributed by atoms with Crippen LogP contribution in [-0.2, 0) is 0 Å². The molecule has 1 atom stereocenters. The minimum Gasteiger partial charge on any atom is -0.490 e. The van der Waals surface area contributed by atoms with Crippen LogP contribution in [0.2, 0.25) is 5.02 Å². The van der Waals surface area contributed by atoms with E-state index in [-0.39, 0.29) is 6.10 Å². The van der Waals surface area contributed by atoms with Crippen molar-refractivity contribution < 1.29 is 4.74 Å². The molecule has 0 aliphatic carbocycles. The van der Waals surface area contributed by atoms with E-state index in [1.54, 1.807) is 0 Å². The molecule has 0 fully saturated rings. The lowest BCUT2D eigenvalue weighted by Crippen LogP contribution is -2.14. The second-order valence-electron chi connectivity index (χ2n) is 3.27. The van der Waals surface area contributed by atoms with Crippen molar-refractivity contribution in [2.75, 3.05) is 0 Å². The molecular formula is C12H16ClO. The summed E-state index contributed by atoms with van der Waals surface area (Å²) in [5, 5.41) is 0.735. The lowest BCUT2D eigenvalue weighted by atomic mass is 10.1. The SMILES string of the molecule is [CH2]C[C@H](CCC)Oc1ccc(Cl)cc1. The molecule has 2 heteroatoms. The van der Waals surface area contributed by atoms with Crippen molar-refractivity contribution in [2.45, 2.75) is 32.3 Å². The van der Waals surface area contributed by atoms with E-state index >= 15 is 0 Å². The molecule has 0 aliphatic rings. The normalized spacial score (nSPS) is 12.5. The first-order valence-electron chi connectivity index (χ1n) is 4.97. The molecule has 0 heterocycles. The summed E-state index contributed by atoms with van der Waals surface area (Å²) in [5.74, 6) is 0.872. The van der Waals surface area contributed by atoms with Gasteiger partial charge in [-0.2, -0.15) is 0 Å². The fourth-order valence-corrected chi connectivity index (χ4v) is 1.42. The van der Waals surface area contributed by atoms with Crippen molar-refractivity contribution in [1.29, 1.82) is 0 Å². The molecule has 0 aromatic heterocycles. The van der Waals surface area contributed by atoms with Gasteiger partial charge in [-0.3, -0.25) is 0 Å². The van der Waals surface area contributed by atoms with Crippen LogP contribution in [0, 0.1) is 6.92 Å². The molecule has 0 aliphatic heterocycles. The quantitative estimate of drug-likeness (QED) is 0.712. The Kier molecular flexibility index (Phi) is 4.81. The number of hydrogen-bond donors (Lipinski definition) is 0. The Morgan fingerprint density at radius 2 is 2.00 bits per heavy atom. The molecule has 0 unspecified atom stereocenters. The van der Waals surface area contributed by atoms with E-state index in [0.29, 0.717) is 0 Å². The van der Waals surface area contributed by atoms with Gasteiger partial charge < -0.3 is 4.74 Å². The zero-order valence-corrected chi connectivity index (χ0v) is 9.26. The summed E-state index contributed by atoms with van der Waals surface area (Å²) < 4.78 is 5.74. The Bertz CT molecular complexity index is 256. The van der Waals surface area contributed by atoms with Gasteiger partial charge in [-0.1, -0.05) is 24.9 Å². The highest BCUT2D eigenvalue weighted by Crippen LogP contribution is 2.18. The van der Waals surface area contributed by atoms with Crippen LogP contribution in [0.25, 0.3) is 0 Å². The highest BCUT2D eigenvalue weighted by molar-refractivity contribution is 6.30. The molecule has 1 radical (unpaired) electrons. The van der Waals surface area contributed by atoms with Crippen LogP contribution in [0.4, 0.5) is 0 Å². The maximum absolute atomic E-state index is 5.78. The summed E-state index contributed by atoms with van der Waals surface area (Å²) in [6, 6.07) is 7.45. The van der Waals surface area contributed by atoms with Gasteiger partial charge in [0.05, 0.1) is 6.10 Å². The van der Waals surface area contributed by atoms with Crippen LogP contribution in [0.5, 0.6) is 5.75 Å². The molecule has 1 rings (SSSR count). The molecule has 14 heavy (non-hydrogen) atoms. The number of benzene rings is 1. The highest BCUT2D eigenvalue weighted by Gasteiger charge is 2.06. The lowest BCUT2D eigenvalue weighted by Gasteiger charge is -2.16. The van der Waals surface area contributed by atoms with Crippen molar-refractivity contribution in [3.05, 3.63) is 36.2 Å². The molecule has 1 aromatic carbocycles. The standard InChI is InChI=1S/C12H16ClO/c1-3-5-11(4-2)14-12-8-6-10(13)7-9-12/h6-9,11H,2-5H2,1H3/t11-/m1/s1. The Labute approximate surface area is 91.0 Å². The average Bonchev–Trinajstić information content (AvgIpc) is 2.20. The minimum atomic E-state index is 0.223. The first-order chi connectivity index (χ1) is 6.76. The van der Waals surface area contributed by atoms with Gasteiger partial charge in [-0.05, 0) is 44.0 Å². The van der Waals surface area contributed by atoms with Crippen molar-refractivity contribution in [1.82, 2.24) is 0 Å². The van der Waals surface area contributed by atoms with Gasteiger partial charge in [0.2, 0.25) is 0 Å². The molecule has 1 aromatic rings. The summed E-state index contributed by atoms with van der Waals surface area (Å²) in [6.07, 6.45) is 3.19. The van der Waals surface area contributed by atoms with E-state index in [4.69, 9.17) is 16.3 Å². The van der Waals surface area contributed by atoms with E-state index in [0.717, 1.165) is 30.0 Å². The smallest absolute Gasteiger partial charge is 0.119 e. The van der Waals surface area contributed by atoms with Crippen LogP contribution in [0.1, 0.15) is 26.2 Å². The predicted molar refractivity (Wildman–Crippen MR) is 60.8 cm³/mol. The number of ether oxygens (including phenoxy) is 1. The minimum absolute atomic E-state index is 0.223. The Hall–Kier alpha value is -0.690. The van der Waals surface area contributed by atoms with Crippen LogP contribution >= 0.6 is 11.6 Å². The summed E-state index contributed by atoms with van der Waals surface area (Å²) in [7, 11) is 0. The summed E-state index contributed by atoms with van der Waals surface area (Å²) in [4.78, 5) is 0. The molecule has 0 bridgehead atoms. The Morgan fingerprint density at radius 3 is 2.50 bits per heavy atom. The Balaban J connectivity index is 2.53. The third-order valence-corrected chi connectivity index (χ3v) is 2.30. The molecule has 0 saturated carbocycles. The van der Waals surface area contributed by atoms with Gasteiger partial charge in [-0.15, -0.1) is 0 Å². The zero-order chi connectivity index (χ0) is 10.4. The first kappa shape index (κ1) is 11.4. The van der Waals surface area contributed by atoms with Crippen molar-refractivity contribution in [2.24, 2.45) is 0 Å². The van der Waals surface area contributed by atoms with E-state index in [1.807, 2.05) is 24.3 Å². The summed E-state index contributed by atoms with van der Waals surface area (Å²) in [6.45, 7) is 6.01. The van der Waals surface area contributed by atoms with Crippen molar-refractivity contribution in [3.8, 4) is 5.75 Å². The van der Waals surface area contributed by atoms with Crippen LogP contribution in [-0.4, -0.2) is 6.10 Å². The second-order valence-corrected chi connectivity index (χ2v) is 3.71.